The quantitative estimate of drug-likeness (QED) is 0.0341. The van der Waals surface area contributed by atoms with Gasteiger partial charge < -0.3 is 89.9 Å². The summed E-state index contributed by atoms with van der Waals surface area (Å²) in [7, 11) is 0. The monoisotopic (exact) mass is 932 g/mol. The standard InChI is InChI=1S/C46H77NO18/c1-3-5-7-9-11-12-13-14-15-16-18-20-22-24-34(52)47-29(30(51)23-21-19-17-10-8-6-4-2)28-60-44-40(58)37(55)42(32(26-49)62-44)65-46-41(59)38(56)43(33(27-50)63-46)64-45-39(57)36(54)35(53)31(25-48)61-45/h5,7,11-12,14-15,18,20-21,23,29-33,35-46,48-51,53-59H,3-4,6,8-10,13,16-17,19,22,24-28H2,1-2H3,(H,47,52)/b7-5-,12-11-,15-14-,20-18-,23-21+. The Morgan fingerprint density at radius 3 is 1.62 bits per heavy atom. The highest BCUT2D eigenvalue weighted by molar-refractivity contribution is 5.76. The first-order valence-electron chi connectivity index (χ1n) is 23.0. The molecule has 12 N–H and O–H groups in total. The fraction of sp³-hybridized carbons (Fsp3) is 0.761. The molecule has 0 spiro atoms. The minimum absolute atomic E-state index is 0.118. The lowest BCUT2D eigenvalue weighted by molar-refractivity contribution is -0.379. The van der Waals surface area contributed by atoms with Gasteiger partial charge in [0.15, 0.2) is 18.9 Å². The van der Waals surface area contributed by atoms with Gasteiger partial charge in [-0.2, -0.15) is 0 Å². The predicted octanol–water partition coefficient (Wildman–Crippen LogP) is -0.201. The van der Waals surface area contributed by atoms with E-state index in [0.717, 1.165) is 51.4 Å². The zero-order valence-corrected chi connectivity index (χ0v) is 37.7. The van der Waals surface area contributed by atoms with E-state index >= 15 is 0 Å². The molecule has 19 nitrogen and oxygen atoms in total. The second-order valence-electron chi connectivity index (χ2n) is 16.5. The van der Waals surface area contributed by atoms with Gasteiger partial charge in [0.25, 0.3) is 0 Å². The fourth-order valence-electron chi connectivity index (χ4n) is 7.43. The maximum absolute atomic E-state index is 13.1. The van der Waals surface area contributed by atoms with Crippen molar-refractivity contribution in [2.75, 3.05) is 26.4 Å². The third-order valence-corrected chi connectivity index (χ3v) is 11.3. The Morgan fingerprint density at radius 2 is 1.06 bits per heavy atom. The van der Waals surface area contributed by atoms with Crippen molar-refractivity contribution in [1.82, 2.24) is 5.32 Å². The molecule has 0 saturated carbocycles. The van der Waals surface area contributed by atoms with E-state index in [-0.39, 0.29) is 18.9 Å². The van der Waals surface area contributed by atoms with Crippen LogP contribution in [0.1, 0.15) is 90.9 Å². The minimum atomic E-state index is -1.98. The van der Waals surface area contributed by atoms with Crippen LogP contribution < -0.4 is 5.32 Å². The number of carbonyl (C=O) groups is 1. The molecule has 3 aliphatic heterocycles. The molecule has 0 aliphatic carbocycles. The molecule has 19 heteroatoms. The number of hydrogen-bond donors (Lipinski definition) is 12. The summed E-state index contributed by atoms with van der Waals surface area (Å²) in [5, 5.41) is 119. The van der Waals surface area contributed by atoms with Crippen LogP contribution >= 0.6 is 0 Å². The number of hydrogen-bond acceptors (Lipinski definition) is 18. The minimum Gasteiger partial charge on any atom is -0.394 e. The lowest BCUT2D eigenvalue weighted by Gasteiger charge is -2.48. The van der Waals surface area contributed by atoms with Crippen LogP contribution in [-0.4, -0.2) is 193 Å². The van der Waals surface area contributed by atoms with Crippen LogP contribution in [0.15, 0.2) is 60.8 Å². The topological polar surface area (TPSA) is 307 Å². The Morgan fingerprint density at radius 1 is 0.569 bits per heavy atom. The van der Waals surface area contributed by atoms with Gasteiger partial charge in [0, 0.05) is 6.42 Å². The second kappa shape index (κ2) is 31.5. The average molecular weight is 932 g/mol. The summed E-state index contributed by atoms with van der Waals surface area (Å²) < 4.78 is 33.9. The first-order valence-corrected chi connectivity index (χ1v) is 23.0. The van der Waals surface area contributed by atoms with Gasteiger partial charge in [-0.25, -0.2) is 0 Å². The van der Waals surface area contributed by atoms with Crippen LogP contribution in [0, 0.1) is 0 Å². The number of aliphatic hydroxyl groups excluding tert-OH is 11. The summed E-state index contributed by atoms with van der Waals surface area (Å²) in [6.45, 7) is 1.40. The maximum Gasteiger partial charge on any atom is 0.220 e. The Labute approximate surface area is 382 Å². The van der Waals surface area contributed by atoms with Gasteiger partial charge in [-0.15, -0.1) is 0 Å². The number of rotatable bonds is 29. The van der Waals surface area contributed by atoms with E-state index in [9.17, 15) is 61.0 Å². The number of ether oxygens (including phenoxy) is 6. The molecule has 3 fully saturated rings. The molecule has 3 heterocycles. The van der Waals surface area contributed by atoms with Gasteiger partial charge in [0.05, 0.1) is 38.6 Å². The second-order valence-corrected chi connectivity index (χ2v) is 16.5. The lowest BCUT2D eigenvalue weighted by Crippen LogP contribution is -2.66. The van der Waals surface area contributed by atoms with Crippen molar-refractivity contribution in [2.24, 2.45) is 0 Å². The van der Waals surface area contributed by atoms with Crippen molar-refractivity contribution in [3.8, 4) is 0 Å². The molecule has 1 amide bonds. The number of nitrogens with one attached hydrogen (secondary N) is 1. The van der Waals surface area contributed by atoms with Crippen molar-refractivity contribution in [1.29, 1.82) is 0 Å². The SMILES string of the molecule is CC/C=C\C/C=C\C/C=C\C/C=C\CCC(=O)NC(COC1OC(CO)C(OC2OC(CO)C(OC3OC(CO)C(O)C(O)C3O)C(O)C2O)C(O)C1O)C(O)/C=C/CCCCCCC. The largest absolute Gasteiger partial charge is 0.394 e. The molecule has 65 heavy (non-hydrogen) atoms. The molecule has 0 aromatic heterocycles. The number of aliphatic hydroxyl groups is 11. The molecule has 17 atom stereocenters. The van der Waals surface area contributed by atoms with Crippen LogP contribution in [0.4, 0.5) is 0 Å². The Bertz CT molecular complexity index is 1440. The summed E-state index contributed by atoms with van der Waals surface area (Å²) in [6, 6.07) is -1.01. The average Bonchev–Trinajstić information content (AvgIpc) is 3.30. The first-order chi connectivity index (χ1) is 31.3. The van der Waals surface area contributed by atoms with Gasteiger partial charge in [-0.1, -0.05) is 100 Å². The molecule has 3 aliphatic rings. The van der Waals surface area contributed by atoms with Crippen molar-refractivity contribution >= 4 is 5.91 Å². The van der Waals surface area contributed by atoms with Gasteiger partial charge in [-0.3, -0.25) is 4.79 Å². The Kier molecular flexibility index (Phi) is 27.5. The van der Waals surface area contributed by atoms with E-state index in [4.69, 9.17) is 28.4 Å². The van der Waals surface area contributed by atoms with Crippen LogP contribution in [0.5, 0.6) is 0 Å². The van der Waals surface area contributed by atoms with E-state index in [1.807, 2.05) is 24.3 Å². The highest BCUT2D eigenvalue weighted by atomic mass is 16.8. The molecule has 0 radical (unpaired) electrons. The van der Waals surface area contributed by atoms with Gasteiger partial charge >= 0.3 is 0 Å². The van der Waals surface area contributed by atoms with Crippen LogP contribution in [0.2, 0.25) is 0 Å². The highest BCUT2D eigenvalue weighted by Crippen LogP contribution is 2.33. The molecule has 0 aromatic carbocycles. The van der Waals surface area contributed by atoms with E-state index in [1.54, 1.807) is 6.08 Å². The van der Waals surface area contributed by atoms with Crippen LogP contribution in [-0.2, 0) is 33.2 Å². The molecule has 0 aromatic rings. The van der Waals surface area contributed by atoms with Crippen molar-refractivity contribution < 1.29 is 89.4 Å². The summed E-state index contributed by atoms with van der Waals surface area (Å²) >= 11 is 0. The molecule has 374 valence electrons. The Balaban J connectivity index is 1.60. The summed E-state index contributed by atoms with van der Waals surface area (Å²) in [4.78, 5) is 13.1. The summed E-state index contributed by atoms with van der Waals surface area (Å²) in [6.07, 6.45) is 2.97. The third-order valence-electron chi connectivity index (χ3n) is 11.3. The molecule has 0 bridgehead atoms. The van der Waals surface area contributed by atoms with Crippen molar-refractivity contribution in [3.05, 3.63) is 60.8 Å². The molecule has 3 rings (SSSR count). The van der Waals surface area contributed by atoms with Crippen molar-refractivity contribution in [3.63, 3.8) is 0 Å². The van der Waals surface area contributed by atoms with E-state index in [0.29, 0.717) is 19.3 Å². The highest BCUT2D eigenvalue weighted by Gasteiger charge is 2.53. The predicted molar refractivity (Wildman–Crippen MR) is 235 cm³/mol. The van der Waals surface area contributed by atoms with E-state index in [1.165, 1.54) is 0 Å². The van der Waals surface area contributed by atoms with Gasteiger partial charge in [-0.05, 0) is 44.9 Å². The lowest BCUT2D eigenvalue weighted by atomic mass is 9.96. The maximum atomic E-state index is 13.1. The van der Waals surface area contributed by atoms with Gasteiger partial charge in [0.1, 0.15) is 73.2 Å². The number of allylic oxidation sites excluding steroid dienone is 9. The Hall–Kier alpha value is -2.51. The van der Waals surface area contributed by atoms with Gasteiger partial charge in [0.2, 0.25) is 5.91 Å². The number of carbonyl (C=O) groups excluding carboxylic acids is 1. The number of unbranched alkanes of at least 4 members (excludes halogenated alkanes) is 5. The molecular weight excluding hydrogens is 854 g/mol. The molecule has 17 unspecified atom stereocenters. The van der Waals surface area contributed by atoms with E-state index in [2.05, 4.69) is 49.5 Å². The zero-order valence-electron chi connectivity index (χ0n) is 37.7. The molecular formula is C46H77NO18. The van der Waals surface area contributed by atoms with Crippen LogP contribution in [0.25, 0.3) is 0 Å². The fourth-order valence-corrected chi connectivity index (χ4v) is 7.43. The smallest absolute Gasteiger partial charge is 0.220 e. The molecule has 3 saturated heterocycles. The third kappa shape index (κ3) is 18.5. The van der Waals surface area contributed by atoms with E-state index < -0.39 is 124 Å². The normalized spacial score (nSPS) is 34.7. The van der Waals surface area contributed by atoms with Crippen LogP contribution in [0.3, 0.4) is 0 Å². The number of amides is 1. The zero-order chi connectivity index (χ0) is 47.7. The van der Waals surface area contributed by atoms with Crippen molar-refractivity contribution in [2.45, 2.75) is 195 Å². The first kappa shape index (κ1) is 56.8. The summed E-state index contributed by atoms with van der Waals surface area (Å²) in [5.41, 5.74) is 0. The summed E-state index contributed by atoms with van der Waals surface area (Å²) in [5.74, 6) is -0.366.